The number of hydrogen-bond donors (Lipinski definition) is 1. The second-order valence-corrected chi connectivity index (χ2v) is 7.18. The van der Waals surface area contributed by atoms with E-state index in [9.17, 15) is 0 Å². The molecule has 1 N–H and O–H groups in total. The summed E-state index contributed by atoms with van der Waals surface area (Å²) >= 11 is 3.61. The van der Waals surface area contributed by atoms with Gasteiger partial charge in [0.05, 0.1) is 11.1 Å². The SMILES string of the molecule is CCNc1nc(CSC(C)C(C)C)nc2sccc12. The highest BCUT2D eigenvalue weighted by Gasteiger charge is 2.11. The lowest BCUT2D eigenvalue weighted by Gasteiger charge is -2.14. The van der Waals surface area contributed by atoms with Crippen LogP contribution in [0.2, 0.25) is 0 Å². The van der Waals surface area contributed by atoms with Gasteiger partial charge in [0.25, 0.3) is 0 Å². The van der Waals surface area contributed by atoms with Gasteiger partial charge in [-0.15, -0.1) is 11.3 Å². The summed E-state index contributed by atoms with van der Waals surface area (Å²) in [5, 5.41) is 7.18. The number of rotatable bonds is 6. The quantitative estimate of drug-likeness (QED) is 0.857. The summed E-state index contributed by atoms with van der Waals surface area (Å²) in [6, 6.07) is 2.09. The molecule has 1 atom stereocenters. The summed E-state index contributed by atoms with van der Waals surface area (Å²) < 4.78 is 0. The Morgan fingerprint density at radius 1 is 1.32 bits per heavy atom. The fourth-order valence-electron chi connectivity index (χ4n) is 1.66. The topological polar surface area (TPSA) is 37.8 Å². The zero-order valence-electron chi connectivity index (χ0n) is 11.9. The number of nitrogens with zero attached hydrogens (tertiary/aromatic N) is 2. The van der Waals surface area contributed by atoms with Gasteiger partial charge in [-0.25, -0.2) is 9.97 Å². The van der Waals surface area contributed by atoms with Crippen molar-refractivity contribution in [1.29, 1.82) is 0 Å². The molecule has 2 rings (SSSR count). The summed E-state index contributed by atoms with van der Waals surface area (Å²) in [5.41, 5.74) is 0. The minimum Gasteiger partial charge on any atom is -0.370 e. The lowest BCUT2D eigenvalue weighted by Crippen LogP contribution is -2.08. The molecule has 0 aliphatic heterocycles. The molecule has 5 heteroatoms. The van der Waals surface area contributed by atoms with Gasteiger partial charge in [-0.2, -0.15) is 11.8 Å². The zero-order valence-corrected chi connectivity index (χ0v) is 13.6. The van der Waals surface area contributed by atoms with Crippen molar-refractivity contribution in [3.63, 3.8) is 0 Å². The molecule has 19 heavy (non-hydrogen) atoms. The molecule has 0 aliphatic rings. The van der Waals surface area contributed by atoms with E-state index in [1.807, 2.05) is 11.8 Å². The van der Waals surface area contributed by atoms with Crippen LogP contribution < -0.4 is 5.32 Å². The maximum Gasteiger partial charge on any atom is 0.142 e. The molecule has 0 bridgehead atoms. The molecular weight excluding hydrogens is 274 g/mol. The third-order valence-electron chi connectivity index (χ3n) is 3.13. The predicted molar refractivity (Wildman–Crippen MR) is 87.2 cm³/mol. The molecule has 1 unspecified atom stereocenters. The first-order valence-electron chi connectivity index (χ1n) is 6.71. The molecule has 0 amide bonds. The predicted octanol–water partition coefficient (Wildman–Crippen LogP) is 4.40. The second kappa shape index (κ2) is 6.57. The molecule has 104 valence electrons. The van der Waals surface area contributed by atoms with Crippen LogP contribution in [-0.2, 0) is 5.75 Å². The summed E-state index contributed by atoms with van der Waals surface area (Å²) in [6.07, 6.45) is 0. The van der Waals surface area contributed by atoms with E-state index in [0.717, 1.165) is 34.2 Å². The van der Waals surface area contributed by atoms with Crippen LogP contribution in [0, 0.1) is 5.92 Å². The van der Waals surface area contributed by atoms with Crippen LogP contribution in [0.3, 0.4) is 0 Å². The van der Waals surface area contributed by atoms with Crippen molar-refractivity contribution in [1.82, 2.24) is 9.97 Å². The standard InChI is InChI=1S/C14H21N3S2/c1-5-15-13-11-6-7-18-14(11)17-12(16-13)8-19-10(4)9(2)3/h6-7,9-10H,5,8H2,1-4H3,(H,15,16,17). The molecular formula is C14H21N3S2. The average molecular weight is 295 g/mol. The van der Waals surface area contributed by atoms with Gasteiger partial charge in [0.15, 0.2) is 0 Å². The van der Waals surface area contributed by atoms with Gasteiger partial charge in [-0.3, -0.25) is 0 Å². The minimum atomic E-state index is 0.630. The monoisotopic (exact) mass is 295 g/mol. The third kappa shape index (κ3) is 3.60. The largest absolute Gasteiger partial charge is 0.370 e. The van der Waals surface area contributed by atoms with Gasteiger partial charge in [0.2, 0.25) is 0 Å². The number of anilines is 1. The maximum atomic E-state index is 4.66. The second-order valence-electron chi connectivity index (χ2n) is 4.92. The molecule has 0 radical (unpaired) electrons. The van der Waals surface area contributed by atoms with Crippen LogP contribution in [0.15, 0.2) is 11.4 Å². The number of thiophene rings is 1. The minimum absolute atomic E-state index is 0.630. The van der Waals surface area contributed by atoms with Gasteiger partial charge in [0, 0.05) is 11.8 Å². The van der Waals surface area contributed by atoms with Crippen molar-refractivity contribution in [2.45, 2.75) is 38.7 Å². The molecule has 0 saturated heterocycles. The molecule has 0 aromatic carbocycles. The highest BCUT2D eigenvalue weighted by atomic mass is 32.2. The van der Waals surface area contributed by atoms with Crippen LogP contribution in [0.5, 0.6) is 0 Å². The Bertz CT molecular complexity index is 536. The van der Waals surface area contributed by atoms with Crippen LogP contribution in [0.4, 0.5) is 5.82 Å². The maximum absolute atomic E-state index is 4.66. The van der Waals surface area contributed by atoms with Gasteiger partial charge in [-0.05, 0) is 24.3 Å². The van der Waals surface area contributed by atoms with Crippen molar-refractivity contribution in [2.75, 3.05) is 11.9 Å². The van der Waals surface area contributed by atoms with Crippen LogP contribution in [-0.4, -0.2) is 21.8 Å². The Morgan fingerprint density at radius 3 is 2.79 bits per heavy atom. The number of hydrogen-bond acceptors (Lipinski definition) is 5. The van der Waals surface area contributed by atoms with Crippen molar-refractivity contribution in [3.8, 4) is 0 Å². The first-order valence-corrected chi connectivity index (χ1v) is 8.64. The first kappa shape index (κ1) is 14.6. The Hall–Kier alpha value is -0.810. The third-order valence-corrected chi connectivity index (χ3v) is 5.43. The van der Waals surface area contributed by atoms with Crippen LogP contribution in [0.1, 0.15) is 33.5 Å². The number of aromatic nitrogens is 2. The fourth-order valence-corrected chi connectivity index (χ4v) is 3.37. The van der Waals surface area contributed by atoms with Crippen molar-refractivity contribution >= 4 is 39.1 Å². The first-order chi connectivity index (χ1) is 9.11. The normalized spacial score (nSPS) is 13.1. The zero-order chi connectivity index (χ0) is 13.8. The Kier molecular flexibility index (Phi) is 5.05. The average Bonchev–Trinajstić information content (AvgIpc) is 2.84. The Morgan fingerprint density at radius 2 is 2.11 bits per heavy atom. The smallest absolute Gasteiger partial charge is 0.142 e. The number of thioether (sulfide) groups is 1. The summed E-state index contributed by atoms with van der Waals surface area (Å²) in [4.78, 5) is 10.4. The van der Waals surface area contributed by atoms with Gasteiger partial charge < -0.3 is 5.32 Å². The van der Waals surface area contributed by atoms with Crippen LogP contribution in [0.25, 0.3) is 10.2 Å². The molecule has 0 saturated carbocycles. The van der Waals surface area contributed by atoms with Crippen LogP contribution >= 0.6 is 23.1 Å². The summed E-state index contributed by atoms with van der Waals surface area (Å²) in [5.74, 6) is 3.47. The van der Waals surface area contributed by atoms with E-state index in [1.165, 1.54) is 0 Å². The van der Waals surface area contributed by atoms with E-state index in [1.54, 1.807) is 11.3 Å². The van der Waals surface area contributed by atoms with Gasteiger partial charge in [-0.1, -0.05) is 20.8 Å². The van der Waals surface area contributed by atoms with E-state index in [0.29, 0.717) is 11.2 Å². The van der Waals surface area contributed by atoms with Crippen molar-refractivity contribution in [2.24, 2.45) is 5.92 Å². The summed E-state index contributed by atoms with van der Waals surface area (Å²) in [7, 11) is 0. The molecule has 2 heterocycles. The molecule has 2 aromatic rings. The van der Waals surface area contributed by atoms with E-state index < -0.39 is 0 Å². The Labute approximate surface area is 123 Å². The number of fused-ring (bicyclic) bond motifs is 1. The van der Waals surface area contributed by atoms with Gasteiger partial charge in [0.1, 0.15) is 16.5 Å². The molecule has 2 aromatic heterocycles. The molecule has 3 nitrogen and oxygen atoms in total. The molecule has 0 aliphatic carbocycles. The highest BCUT2D eigenvalue weighted by molar-refractivity contribution is 7.99. The number of nitrogens with one attached hydrogen (secondary N) is 1. The summed E-state index contributed by atoms with van der Waals surface area (Å²) in [6.45, 7) is 9.76. The van der Waals surface area contributed by atoms with Gasteiger partial charge >= 0.3 is 0 Å². The highest BCUT2D eigenvalue weighted by Crippen LogP contribution is 2.27. The van der Waals surface area contributed by atoms with E-state index in [4.69, 9.17) is 0 Å². The fraction of sp³-hybridized carbons (Fsp3) is 0.571. The van der Waals surface area contributed by atoms with E-state index in [2.05, 4.69) is 54.4 Å². The molecule has 0 spiro atoms. The molecule has 0 fully saturated rings. The lowest BCUT2D eigenvalue weighted by atomic mass is 10.2. The van der Waals surface area contributed by atoms with E-state index in [-0.39, 0.29) is 0 Å². The Balaban J connectivity index is 2.18. The van der Waals surface area contributed by atoms with E-state index >= 15 is 0 Å². The van der Waals surface area contributed by atoms with Crippen molar-refractivity contribution < 1.29 is 0 Å². The lowest BCUT2D eigenvalue weighted by molar-refractivity contribution is 0.642. The van der Waals surface area contributed by atoms with Crippen molar-refractivity contribution in [3.05, 3.63) is 17.3 Å².